The van der Waals surface area contributed by atoms with Crippen molar-refractivity contribution in [3.8, 4) is 5.69 Å². The second kappa shape index (κ2) is 9.83. The molecule has 0 saturated carbocycles. The van der Waals surface area contributed by atoms with Gasteiger partial charge in [-0.1, -0.05) is 69.3 Å². The summed E-state index contributed by atoms with van der Waals surface area (Å²) in [5.41, 5.74) is 2.44. The molecule has 1 aliphatic rings. The predicted octanol–water partition coefficient (Wildman–Crippen LogP) is 4.53. The molecule has 3 N–H and O–H groups in total. The van der Waals surface area contributed by atoms with Crippen LogP contribution >= 0.6 is 0 Å². The first-order valence-electron chi connectivity index (χ1n) is 12.5. The van der Waals surface area contributed by atoms with Crippen LogP contribution in [-0.2, 0) is 27.0 Å². The van der Waals surface area contributed by atoms with Crippen LogP contribution in [0.1, 0.15) is 39.0 Å². The summed E-state index contributed by atoms with van der Waals surface area (Å²) in [7, 11) is -3.90. The molecule has 0 aliphatic carbocycles. The van der Waals surface area contributed by atoms with Gasteiger partial charge >= 0.3 is 16.2 Å². The molecule has 0 spiro atoms. The van der Waals surface area contributed by atoms with Crippen molar-refractivity contribution < 1.29 is 18.0 Å². The Kier molecular flexibility index (Phi) is 6.65. The summed E-state index contributed by atoms with van der Waals surface area (Å²) in [6, 6.07) is 21.3. The monoisotopic (exact) mass is 546 g/mol. The number of nitrogens with zero attached hydrogens (tertiary/aromatic N) is 3. The molecule has 2 heterocycles. The van der Waals surface area contributed by atoms with E-state index >= 15 is 0 Å². The summed E-state index contributed by atoms with van der Waals surface area (Å²) in [6.07, 6.45) is 0. The topological polar surface area (TPSA) is 125 Å². The third-order valence-corrected chi connectivity index (χ3v) is 8.12. The zero-order valence-corrected chi connectivity index (χ0v) is 22.9. The molecule has 1 saturated heterocycles. The van der Waals surface area contributed by atoms with Crippen molar-refractivity contribution in [2.75, 3.05) is 10.6 Å². The van der Waals surface area contributed by atoms with Gasteiger partial charge in [0.2, 0.25) is 0 Å². The summed E-state index contributed by atoms with van der Waals surface area (Å²) in [4.78, 5) is 25.1. The summed E-state index contributed by atoms with van der Waals surface area (Å²) in [5.74, 6) is -0.106. The average molecular weight is 547 g/mol. The Morgan fingerprint density at radius 1 is 1.00 bits per heavy atom. The molecule has 10 nitrogen and oxygen atoms in total. The fraction of sp³-hybridized carbons (Fsp3) is 0.250. The van der Waals surface area contributed by atoms with Gasteiger partial charge < -0.3 is 5.32 Å². The lowest BCUT2D eigenvalue weighted by atomic mass is 9.92. The van der Waals surface area contributed by atoms with Crippen LogP contribution in [0, 0.1) is 0 Å². The van der Waals surface area contributed by atoms with Crippen LogP contribution in [0.5, 0.6) is 0 Å². The van der Waals surface area contributed by atoms with Gasteiger partial charge in [0.05, 0.1) is 17.1 Å². The Hall–Kier alpha value is -4.22. The lowest BCUT2D eigenvalue weighted by Crippen LogP contribution is -2.33. The van der Waals surface area contributed by atoms with Crippen molar-refractivity contribution in [1.82, 2.24) is 18.8 Å². The SMILES string of the molecule is C[C@H]1C(=O)NS(=O)(=O)N1Cc1cccc(-n2nc(C(C)(C)C)cc2NC(=O)Nc2cccc3ccccc23)c1. The Morgan fingerprint density at radius 2 is 1.72 bits per heavy atom. The molecule has 1 aromatic heterocycles. The number of anilines is 2. The molecule has 202 valence electrons. The summed E-state index contributed by atoms with van der Waals surface area (Å²) in [5, 5.41) is 12.6. The number of benzene rings is 3. The molecule has 5 rings (SSSR count). The number of aromatic nitrogens is 2. The minimum Gasteiger partial charge on any atom is -0.307 e. The van der Waals surface area contributed by atoms with E-state index in [0.717, 1.165) is 20.8 Å². The molecule has 11 heteroatoms. The highest BCUT2D eigenvalue weighted by molar-refractivity contribution is 7.88. The molecule has 1 atom stereocenters. The fourth-order valence-corrected chi connectivity index (χ4v) is 5.81. The van der Waals surface area contributed by atoms with Crippen LogP contribution in [0.2, 0.25) is 0 Å². The standard InChI is InChI=1S/C28H30N6O4S/c1-18-26(35)32-39(37,38)33(18)17-19-9-7-12-21(15-19)34-25(16-24(31-34)28(2,3)4)30-27(36)29-23-14-8-11-20-10-5-6-13-22(20)23/h5-16,18H,17H2,1-4H3,(H,32,35)(H2,29,30,36)/t18-/m0/s1. The van der Waals surface area contributed by atoms with Crippen molar-refractivity contribution in [3.05, 3.63) is 84.1 Å². The van der Waals surface area contributed by atoms with Crippen LogP contribution in [0.15, 0.2) is 72.8 Å². The van der Waals surface area contributed by atoms with Crippen molar-refractivity contribution in [2.45, 2.75) is 45.7 Å². The minimum atomic E-state index is -3.90. The predicted molar refractivity (Wildman–Crippen MR) is 151 cm³/mol. The van der Waals surface area contributed by atoms with Gasteiger partial charge in [-0.05, 0) is 36.1 Å². The van der Waals surface area contributed by atoms with E-state index in [1.165, 1.54) is 0 Å². The number of nitrogens with one attached hydrogen (secondary N) is 3. The highest BCUT2D eigenvalue weighted by Crippen LogP contribution is 2.28. The number of carbonyl (C=O) groups is 2. The van der Waals surface area contributed by atoms with Gasteiger partial charge in [0, 0.05) is 23.4 Å². The quantitative estimate of drug-likeness (QED) is 0.339. The van der Waals surface area contributed by atoms with Gasteiger partial charge in [-0.25, -0.2) is 14.2 Å². The lowest BCUT2D eigenvalue weighted by molar-refractivity contribution is -0.121. The van der Waals surface area contributed by atoms with Gasteiger partial charge in [-0.2, -0.15) is 17.8 Å². The normalized spacial score (nSPS) is 17.2. The van der Waals surface area contributed by atoms with E-state index in [1.807, 2.05) is 80.1 Å². The van der Waals surface area contributed by atoms with Gasteiger partial charge in [-0.15, -0.1) is 0 Å². The zero-order valence-electron chi connectivity index (χ0n) is 22.1. The molecule has 0 radical (unpaired) electrons. The summed E-state index contributed by atoms with van der Waals surface area (Å²) in [6.45, 7) is 7.64. The largest absolute Gasteiger partial charge is 0.324 e. The highest BCUT2D eigenvalue weighted by Gasteiger charge is 2.40. The maximum Gasteiger partial charge on any atom is 0.324 e. The molecular formula is C28H30N6O4S. The third-order valence-electron chi connectivity index (χ3n) is 6.60. The van der Waals surface area contributed by atoms with Crippen LogP contribution < -0.4 is 15.4 Å². The van der Waals surface area contributed by atoms with E-state index in [4.69, 9.17) is 5.10 Å². The Bertz CT molecular complexity index is 1680. The number of fused-ring (bicyclic) bond motifs is 1. The minimum absolute atomic E-state index is 0.00774. The first kappa shape index (κ1) is 26.4. The maximum absolute atomic E-state index is 13.1. The molecule has 3 amide bonds. The van der Waals surface area contributed by atoms with E-state index < -0.39 is 28.2 Å². The number of rotatable bonds is 5. The van der Waals surface area contributed by atoms with Gasteiger partial charge in [0.15, 0.2) is 0 Å². The lowest BCUT2D eigenvalue weighted by Gasteiger charge is -2.17. The third kappa shape index (κ3) is 5.36. The van der Waals surface area contributed by atoms with Crippen molar-refractivity contribution in [3.63, 3.8) is 0 Å². The summed E-state index contributed by atoms with van der Waals surface area (Å²) < 4.78 is 29.5. The first-order chi connectivity index (χ1) is 18.4. The molecular weight excluding hydrogens is 516 g/mol. The van der Waals surface area contributed by atoms with Crippen LogP contribution in [-0.4, -0.2) is 40.5 Å². The van der Waals surface area contributed by atoms with Crippen molar-refractivity contribution in [1.29, 1.82) is 0 Å². The summed E-state index contributed by atoms with van der Waals surface area (Å²) >= 11 is 0. The zero-order chi connectivity index (χ0) is 27.9. The van der Waals surface area contributed by atoms with Crippen molar-refractivity contribution >= 4 is 44.4 Å². The molecule has 0 unspecified atom stereocenters. The molecule has 1 aliphatic heterocycles. The van der Waals surface area contributed by atoms with E-state index in [9.17, 15) is 18.0 Å². The van der Waals surface area contributed by atoms with E-state index in [0.29, 0.717) is 22.8 Å². The fourth-order valence-electron chi connectivity index (χ4n) is 4.44. The number of hydrogen-bond donors (Lipinski definition) is 3. The molecule has 4 aromatic rings. The van der Waals surface area contributed by atoms with E-state index in [1.54, 1.807) is 29.8 Å². The maximum atomic E-state index is 13.1. The second-order valence-electron chi connectivity index (χ2n) is 10.5. The smallest absolute Gasteiger partial charge is 0.307 e. The number of urea groups is 1. The van der Waals surface area contributed by atoms with E-state index in [-0.39, 0.29) is 12.0 Å². The Balaban J connectivity index is 1.45. The van der Waals surface area contributed by atoms with Gasteiger partial charge in [0.1, 0.15) is 11.9 Å². The molecule has 3 aromatic carbocycles. The van der Waals surface area contributed by atoms with Crippen LogP contribution in [0.4, 0.5) is 16.3 Å². The number of carbonyl (C=O) groups excluding carboxylic acids is 2. The van der Waals surface area contributed by atoms with Gasteiger partial charge in [0.25, 0.3) is 5.91 Å². The van der Waals surface area contributed by atoms with Crippen LogP contribution in [0.3, 0.4) is 0 Å². The first-order valence-corrected chi connectivity index (χ1v) is 14.0. The Morgan fingerprint density at radius 3 is 2.44 bits per heavy atom. The van der Waals surface area contributed by atoms with Crippen molar-refractivity contribution in [2.24, 2.45) is 0 Å². The highest BCUT2D eigenvalue weighted by atomic mass is 32.2. The number of amides is 3. The average Bonchev–Trinajstić information content (AvgIpc) is 3.38. The van der Waals surface area contributed by atoms with Crippen LogP contribution in [0.25, 0.3) is 16.5 Å². The second-order valence-corrected chi connectivity index (χ2v) is 12.2. The molecule has 0 bridgehead atoms. The Labute approximate surface area is 227 Å². The molecule has 39 heavy (non-hydrogen) atoms. The van der Waals surface area contributed by atoms with E-state index in [2.05, 4.69) is 10.6 Å². The number of hydrogen-bond acceptors (Lipinski definition) is 5. The molecule has 1 fully saturated rings. The van der Waals surface area contributed by atoms with Gasteiger partial charge in [-0.3, -0.25) is 10.1 Å².